The number of hydrogen-bond donors (Lipinski definition) is 1. The number of carbonyl (C=O) groups is 1. The summed E-state index contributed by atoms with van der Waals surface area (Å²) in [5.41, 5.74) is 0. The molecule has 0 spiro atoms. The number of nitrogens with one attached hydrogen (secondary N) is 1. The van der Waals surface area contributed by atoms with Crippen molar-refractivity contribution in [3.63, 3.8) is 0 Å². The molecule has 33 heavy (non-hydrogen) atoms. The van der Waals surface area contributed by atoms with Crippen LogP contribution in [0.2, 0.25) is 5.02 Å². The maximum atomic E-state index is 13.4. The quantitative estimate of drug-likeness (QED) is 0.556. The number of aromatic nitrogens is 2. The molecule has 0 atom stereocenters. The van der Waals surface area contributed by atoms with Gasteiger partial charge in [0, 0.05) is 23.9 Å². The monoisotopic (exact) mass is 491 g/mol. The highest BCUT2D eigenvalue weighted by Gasteiger charge is 2.42. The van der Waals surface area contributed by atoms with Crippen LogP contribution in [-0.4, -0.2) is 41.2 Å². The van der Waals surface area contributed by atoms with Crippen LogP contribution in [-0.2, 0) is 9.53 Å². The van der Waals surface area contributed by atoms with Gasteiger partial charge in [0.05, 0.1) is 11.1 Å². The van der Waals surface area contributed by atoms with Crippen molar-refractivity contribution in [3.8, 4) is 5.75 Å². The van der Waals surface area contributed by atoms with E-state index in [0.717, 1.165) is 18.9 Å². The summed E-state index contributed by atoms with van der Waals surface area (Å²) in [5, 5.41) is 11.0. The van der Waals surface area contributed by atoms with Crippen LogP contribution in [0.3, 0.4) is 0 Å². The Morgan fingerprint density at radius 1 is 1.12 bits per heavy atom. The molecule has 2 aliphatic rings. The summed E-state index contributed by atoms with van der Waals surface area (Å²) in [7, 11) is 0. The summed E-state index contributed by atoms with van der Waals surface area (Å²) in [4.78, 5) is 12.1. The summed E-state index contributed by atoms with van der Waals surface area (Å²) < 4.78 is 65.1. The number of rotatable bonds is 7. The second-order valence-corrected chi connectivity index (χ2v) is 8.72. The van der Waals surface area contributed by atoms with E-state index in [9.17, 15) is 22.4 Å². The van der Waals surface area contributed by atoms with E-state index in [2.05, 4.69) is 20.3 Å². The number of carbonyl (C=O) groups excluding carboxylic acids is 1. The SMILES string of the molecule is O=C(COc1ccc(Cl)c(F)c1)NC1CCC(c2nnc([C@H]3C[C@H](OC(F)(F)F)C3)o2)CC1. The Balaban J connectivity index is 1.18. The second kappa shape index (κ2) is 9.84. The third kappa shape index (κ3) is 6.35. The molecule has 0 unspecified atom stereocenters. The molecule has 1 heterocycles. The van der Waals surface area contributed by atoms with Crippen molar-refractivity contribution in [2.24, 2.45) is 0 Å². The van der Waals surface area contributed by atoms with E-state index >= 15 is 0 Å². The largest absolute Gasteiger partial charge is 0.522 e. The van der Waals surface area contributed by atoms with Crippen molar-refractivity contribution in [2.45, 2.75) is 68.9 Å². The highest BCUT2D eigenvalue weighted by Crippen LogP contribution is 2.42. The van der Waals surface area contributed by atoms with Gasteiger partial charge in [-0.2, -0.15) is 0 Å². The minimum Gasteiger partial charge on any atom is -0.484 e. The predicted molar refractivity (Wildman–Crippen MR) is 107 cm³/mol. The minimum absolute atomic E-state index is 0.0238. The Morgan fingerprint density at radius 3 is 2.42 bits per heavy atom. The molecule has 1 amide bonds. The lowest BCUT2D eigenvalue weighted by Gasteiger charge is -2.33. The fourth-order valence-electron chi connectivity index (χ4n) is 4.10. The standard InChI is InChI=1S/C21H22ClF4N3O4/c22-16-6-5-14(9-17(16)23)31-10-18(30)27-13-3-1-11(2-4-13)19-28-29-20(32-19)12-7-15(8-12)33-21(24,25)26/h5-6,9,11-13,15H,1-4,7-8,10H2,(H,27,30)/t11?,12-,13?,15-. The summed E-state index contributed by atoms with van der Waals surface area (Å²) in [5.74, 6) is -0.0799. The highest BCUT2D eigenvalue weighted by atomic mass is 35.5. The van der Waals surface area contributed by atoms with E-state index in [0.29, 0.717) is 24.6 Å². The van der Waals surface area contributed by atoms with Gasteiger partial charge in [0.25, 0.3) is 5.91 Å². The third-order valence-electron chi connectivity index (χ3n) is 5.90. The maximum Gasteiger partial charge on any atom is 0.522 e. The Kier molecular flexibility index (Phi) is 7.08. The summed E-state index contributed by atoms with van der Waals surface area (Å²) in [6.45, 7) is -0.242. The molecule has 0 saturated heterocycles. The highest BCUT2D eigenvalue weighted by molar-refractivity contribution is 6.30. The molecule has 1 aromatic carbocycles. The molecule has 2 saturated carbocycles. The van der Waals surface area contributed by atoms with E-state index in [1.54, 1.807) is 0 Å². The van der Waals surface area contributed by atoms with Crippen molar-refractivity contribution in [3.05, 3.63) is 40.8 Å². The Labute approximate surface area is 191 Å². The van der Waals surface area contributed by atoms with Crippen molar-refractivity contribution in [2.75, 3.05) is 6.61 Å². The third-order valence-corrected chi connectivity index (χ3v) is 6.21. The van der Waals surface area contributed by atoms with Gasteiger partial charge in [-0.15, -0.1) is 23.4 Å². The molecule has 7 nitrogen and oxygen atoms in total. The van der Waals surface area contributed by atoms with Crippen LogP contribution in [0, 0.1) is 5.82 Å². The molecular weight excluding hydrogens is 470 g/mol. The predicted octanol–water partition coefficient (Wildman–Crippen LogP) is 4.87. The average Bonchev–Trinajstić information content (AvgIpc) is 3.21. The average molecular weight is 492 g/mol. The summed E-state index contributed by atoms with van der Waals surface area (Å²) in [6.07, 6.45) is -2.25. The van der Waals surface area contributed by atoms with Crippen LogP contribution in [0.15, 0.2) is 22.6 Å². The first-order chi connectivity index (χ1) is 15.7. The number of halogens is 5. The lowest BCUT2D eigenvalue weighted by atomic mass is 9.82. The van der Waals surface area contributed by atoms with Crippen molar-refractivity contribution >= 4 is 17.5 Å². The number of ether oxygens (including phenoxy) is 2. The van der Waals surface area contributed by atoms with E-state index in [-0.39, 0.29) is 54.0 Å². The Hall–Kier alpha value is -2.40. The van der Waals surface area contributed by atoms with Gasteiger partial charge < -0.3 is 14.5 Å². The van der Waals surface area contributed by atoms with Gasteiger partial charge in [0.2, 0.25) is 11.8 Å². The molecule has 1 N–H and O–H groups in total. The van der Waals surface area contributed by atoms with Crippen LogP contribution in [0.25, 0.3) is 0 Å². The molecule has 2 aromatic rings. The first-order valence-electron chi connectivity index (χ1n) is 10.6. The van der Waals surface area contributed by atoms with Gasteiger partial charge in [-0.1, -0.05) is 11.6 Å². The molecule has 0 aliphatic heterocycles. The van der Waals surface area contributed by atoms with Crippen molar-refractivity contribution < 1.29 is 36.2 Å². The molecule has 0 bridgehead atoms. The number of alkyl halides is 3. The van der Waals surface area contributed by atoms with E-state index in [4.69, 9.17) is 20.8 Å². The number of benzene rings is 1. The minimum atomic E-state index is -4.64. The van der Waals surface area contributed by atoms with Crippen LogP contribution in [0.4, 0.5) is 17.6 Å². The first kappa shape index (κ1) is 23.7. The molecule has 180 valence electrons. The van der Waals surface area contributed by atoms with Crippen LogP contribution in [0.5, 0.6) is 5.75 Å². The van der Waals surface area contributed by atoms with Gasteiger partial charge >= 0.3 is 6.36 Å². The number of nitrogens with zero attached hydrogens (tertiary/aromatic N) is 2. The Bertz CT molecular complexity index is 973. The second-order valence-electron chi connectivity index (χ2n) is 8.31. The van der Waals surface area contributed by atoms with E-state index < -0.39 is 18.3 Å². The molecule has 12 heteroatoms. The normalized spacial score (nSPS) is 25.4. The molecule has 2 aliphatic carbocycles. The fourth-order valence-corrected chi connectivity index (χ4v) is 4.22. The maximum absolute atomic E-state index is 13.4. The van der Waals surface area contributed by atoms with Crippen LogP contribution >= 0.6 is 11.6 Å². The first-order valence-corrected chi connectivity index (χ1v) is 11.0. The summed E-state index contributed by atoms with van der Waals surface area (Å²) in [6, 6.07) is 3.92. The number of hydrogen-bond acceptors (Lipinski definition) is 6. The molecule has 0 radical (unpaired) electrons. The Morgan fingerprint density at radius 2 is 1.79 bits per heavy atom. The van der Waals surface area contributed by atoms with Crippen LogP contribution < -0.4 is 10.1 Å². The molecule has 1 aromatic heterocycles. The fraction of sp³-hybridized carbons (Fsp3) is 0.571. The lowest BCUT2D eigenvalue weighted by molar-refractivity contribution is -0.352. The molecular formula is C21H22ClF4N3O4. The smallest absolute Gasteiger partial charge is 0.484 e. The van der Waals surface area contributed by atoms with Crippen molar-refractivity contribution in [1.82, 2.24) is 15.5 Å². The van der Waals surface area contributed by atoms with Gasteiger partial charge in [0.15, 0.2) is 6.61 Å². The van der Waals surface area contributed by atoms with E-state index in [1.807, 2.05) is 0 Å². The zero-order valence-electron chi connectivity index (χ0n) is 17.4. The molecule has 4 rings (SSSR count). The van der Waals surface area contributed by atoms with E-state index in [1.165, 1.54) is 12.1 Å². The van der Waals surface area contributed by atoms with Gasteiger partial charge in [-0.3, -0.25) is 9.53 Å². The zero-order valence-corrected chi connectivity index (χ0v) is 18.2. The topological polar surface area (TPSA) is 86.5 Å². The molecule has 2 fully saturated rings. The van der Waals surface area contributed by atoms with Gasteiger partial charge in [-0.05, 0) is 50.7 Å². The van der Waals surface area contributed by atoms with Crippen LogP contribution in [0.1, 0.15) is 62.1 Å². The summed E-state index contributed by atoms with van der Waals surface area (Å²) >= 11 is 5.61. The van der Waals surface area contributed by atoms with Gasteiger partial charge in [0.1, 0.15) is 11.6 Å². The lowest BCUT2D eigenvalue weighted by Crippen LogP contribution is -2.39. The van der Waals surface area contributed by atoms with Crippen molar-refractivity contribution in [1.29, 1.82) is 0 Å². The number of amides is 1. The van der Waals surface area contributed by atoms with Gasteiger partial charge in [-0.25, -0.2) is 4.39 Å². The zero-order chi connectivity index (χ0) is 23.6.